The molecule has 0 atom stereocenters. The molecule has 3 nitrogen and oxygen atoms in total. The Morgan fingerprint density at radius 2 is 1.58 bits per heavy atom. The van der Waals surface area contributed by atoms with Crippen LogP contribution in [0.3, 0.4) is 0 Å². The minimum Gasteiger partial charge on any atom is -0.282 e. The first-order valence-electron chi connectivity index (χ1n) is 4.54. The topological polar surface area (TPSA) is 35.5 Å². The lowest BCUT2D eigenvalue weighted by Crippen LogP contribution is -2.35. The van der Waals surface area contributed by atoms with Gasteiger partial charge in [-0.05, 0) is 12.8 Å². The van der Waals surface area contributed by atoms with Crippen molar-refractivity contribution in [3.8, 4) is 0 Å². The fourth-order valence-electron chi connectivity index (χ4n) is 2.05. The molecular formula is C8H14O3P. The molecule has 1 heterocycles. The number of hydrogen-bond donors (Lipinski definition) is 0. The molecule has 2 aliphatic rings. The molecule has 0 bridgehead atoms. The van der Waals surface area contributed by atoms with E-state index < -0.39 is 8.25 Å². The second kappa shape index (κ2) is 3.41. The van der Waals surface area contributed by atoms with Gasteiger partial charge in [-0.15, -0.1) is 0 Å². The standard InChI is InChI=1S/C8H14O3P/c9-12-10-6-8(7-11-12)4-2-1-3-5-8/h1-7H2. The summed E-state index contributed by atoms with van der Waals surface area (Å²) in [4.78, 5) is 0. The second-order valence-electron chi connectivity index (χ2n) is 3.83. The second-order valence-corrected chi connectivity index (χ2v) is 4.79. The molecule has 0 N–H and O–H groups in total. The van der Waals surface area contributed by atoms with Crippen LogP contribution in [-0.2, 0) is 13.6 Å². The van der Waals surface area contributed by atoms with Gasteiger partial charge in [0, 0.05) is 5.41 Å². The molecule has 1 aliphatic heterocycles. The van der Waals surface area contributed by atoms with Crippen LogP contribution in [0.2, 0.25) is 0 Å². The van der Waals surface area contributed by atoms with Crippen LogP contribution in [0.25, 0.3) is 0 Å². The van der Waals surface area contributed by atoms with Crippen molar-refractivity contribution in [2.45, 2.75) is 32.1 Å². The zero-order valence-electron chi connectivity index (χ0n) is 7.12. The third kappa shape index (κ3) is 1.68. The summed E-state index contributed by atoms with van der Waals surface area (Å²) in [5, 5.41) is 0. The molecule has 1 radical (unpaired) electrons. The van der Waals surface area contributed by atoms with Crippen LogP contribution in [-0.4, -0.2) is 13.2 Å². The molecule has 0 aromatic heterocycles. The zero-order valence-corrected chi connectivity index (χ0v) is 8.02. The molecule has 69 valence electrons. The predicted octanol–water partition coefficient (Wildman–Crippen LogP) is 2.64. The van der Waals surface area contributed by atoms with Crippen molar-refractivity contribution in [2.75, 3.05) is 13.2 Å². The van der Waals surface area contributed by atoms with Crippen LogP contribution in [0, 0.1) is 5.41 Å². The third-order valence-electron chi connectivity index (χ3n) is 2.87. The summed E-state index contributed by atoms with van der Waals surface area (Å²) >= 11 is 0. The SMILES string of the molecule is O=[P]1OCC2(CCCCC2)CO1. The van der Waals surface area contributed by atoms with Gasteiger partial charge in [0.05, 0.1) is 13.2 Å². The van der Waals surface area contributed by atoms with Crippen LogP contribution in [0.4, 0.5) is 0 Å². The molecular weight excluding hydrogens is 175 g/mol. The highest BCUT2D eigenvalue weighted by Crippen LogP contribution is 2.45. The van der Waals surface area contributed by atoms with E-state index in [0.29, 0.717) is 13.2 Å². The molecule has 4 heteroatoms. The maximum Gasteiger partial charge on any atom is 0.368 e. The monoisotopic (exact) mass is 189 g/mol. The molecule has 2 rings (SSSR count). The van der Waals surface area contributed by atoms with Crippen molar-refractivity contribution < 1.29 is 13.6 Å². The van der Waals surface area contributed by atoms with Crippen molar-refractivity contribution in [3.63, 3.8) is 0 Å². The molecule has 1 saturated heterocycles. The van der Waals surface area contributed by atoms with E-state index in [-0.39, 0.29) is 5.41 Å². The Hall–Kier alpha value is 0.0200. The molecule has 2 fully saturated rings. The highest BCUT2D eigenvalue weighted by Gasteiger charge is 2.37. The van der Waals surface area contributed by atoms with Crippen molar-refractivity contribution in [1.82, 2.24) is 0 Å². The average Bonchev–Trinajstić information content (AvgIpc) is 2.13. The first kappa shape index (κ1) is 8.61. The van der Waals surface area contributed by atoms with Crippen LogP contribution < -0.4 is 0 Å². The van der Waals surface area contributed by atoms with Crippen LogP contribution >= 0.6 is 8.25 Å². The van der Waals surface area contributed by atoms with Gasteiger partial charge in [-0.3, -0.25) is 9.05 Å². The van der Waals surface area contributed by atoms with Gasteiger partial charge in [-0.2, -0.15) is 0 Å². The van der Waals surface area contributed by atoms with Gasteiger partial charge in [0.15, 0.2) is 0 Å². The summed E-state index contributed by atoms with van der Waals surface area (Å²) in [5.41, 5.74) is 0.210. The number of hydrogen-bond acceptors (Lipinski definition) is 3. The molecule has 12 heavy (non-hydrogen) atoms. The smallest absolute Gasteiger partial charge is 0.282 e. The highest BCUT2D eigenvalue weighted by molar-refractivity contribution is 7.33. The first-order chi connectivity index (χ1) is 5.81. The normalized spacial score (nSPS) is 29.2. The third-order valence-corrected chi connectivity index (χ3v) is 3.55. The van der Waals surface area contributed by atoms with E-state index in [0.717, 1.165) is 0 Å². The van der Waals surface area contributed by atoms with Gasteiger partial charge in [0.25, 0.3) is 0 Å². The van der Waals surface area contributed by atoms with Crippen molar-refractivity contribution >= 4 is 8.25 Å². The Labute approximate surface area is 73.4 Å². The minimum atomic E-state index is -1.79. The molecule has 0 unspecified atom stereocenters. The minimum absolute atomic E-state index is 0.210. The van der Waals surface area contributed by atoms with Gasteiger partial charge < -0.3 is 0 Å². The summed E-state index contributed by atoms with van der Waals surface area (Å²) in [7, 11) is -1.79. The lowest BCUT2D eigenvalue weighted by Gasteiger charge is -2.38. The van der Waals surface area contributed by atoms with E-state index in [9.17, 15) is 4.57 Å². The molecule has 0 amide bonds. The molecule has 1 aliphatic carbocycles. The van der Waals surface area contributed by atoms with E-state index in [1.807, 2.05) is 0 Å². The molecule has 0 aromatic carbocycles. The largest absolute Gasteiger partial charge is 0.368 e. The lowest BCUT2D eigenvalue weighted by atomic mass is 9.75. The summed E-state index contributed by atoms with van der Waals surface area (Å²) in [6.07, 6.45) is 6.22. The first-order valence-corrected chi connectivity index (χ1v) is 5.63. The fourth-order valence-corrected chi connectivity index (χ4v) is 2.88. The van der Waals surface area contributed by atoms with Crippen LogP contribution in [0.5, 0.6) is 0 Å². The van der Waals surface area contributed by atoms with E-state index >= 15 is 0 Å². The Kier molecular flexibility index (Phi) is 2.44. The Bertz CT molecular complexity index is 175. The van der Waals surface area contributed by atoms with Gasteiger partial charge >= 0.3 is 8.25 Å². The highest BCUT2D eigenvalue weighted by atomic mass is 31.1. The fraction of sp³-hybridized carbons (Fsp3) is 1.00. The predicted molar refractivity (Wildman–Crippen MR) is 45.0 cm³/mol. The van der Waals surface area contributed by atoms with E-state index in [1.54, 1.807) is 0 Å². The molecule has 1 saturated carbocycles. The maximum atomic E-state index is 10.8. The Morgan fingerprint density at radius 3 is 2.17 bits per heavy atom. The van der Waals surface area contributed by atoms with Gasteiger partial charge in [0.2, 0.25) is 0 Å². The molecule has 1 spiro atoms. The average molecular weight is 189 g/mol. The Morgan fingerprint density at radius 1 is 1.00 bits per heavy atom. The summed E-state index contributed by atoms with van der Waals surface area (Å²) < 4.78 is 20.9. The van der Waals surface area contributed by atoms with Gasteiger partial charge in [-0.25, -0.2) is 4.57 Å². The summed E-state index contributed by atoms with van der Waals surface area (Å²) in [6.45, 7) is 1.28. The Balaban J connectivity index is 1.96. The van der Waals surface area contributed by atoms with Gasteiger partial charge in [-0.1, -0.05) is 19.3 Å². The zero-order chi connectivity index (χ0) is 8.44. The number of rotatable bonds is 0. The van der Waals surface area contributed by atoms with Crippen LogP contribution in [0.1, 0.15) is 32.1 Å². The van der Waals surface area contributed by atoms with Crippen LogP contribution in [0.15, 0.2) is 0 Å². The van der Waals surface area contributed by atoms with Gasteiger partial charge in [0.1, 0.15) is 0 Å². The van der Waals surface area contributed by atoms with E-state index in [1.165, 1.54) is 32.1 Å². The van der Waals surface area contributed by atoms with Crippen molar-refractivity contribution in [2.24, 2.45) is 5.41 Å². The van der Waals surface area contributed by atoms with Crippen molar-refractivity contribution in [3.05, 3.63) is 0 Å². The summed E-state index contributed by atoms with van der Waals surface area (Å²) in [5.74, 6) is 0. The van der Waals surface area contributed by atoms with Crippen molar-refractivity contribution in [1.29, 1.82) is 0 Å². The molecule has 0 aromatic rings. The quantitative estimate of drug-likeness (QED) is 0.549. The maximum absolute atomic E-state index is 10.8. The lowest BCUT2D eigenvalue weighted by molar-refractivity contribution is 0.00142. The van der Waals surface area contributed by atoms with E-state index in [4.69, 9.17) is 9.05 Å². The van der Waals surface area contributed by atoms with E-state index in [2.05, 4.69) is 0 Å². The summed E-state index contributed by atoms with van der Waals surface area (Å²) in [6, 6.07) is 0.